The molecule has 1 aromatic carbocycles. The third-order valence-electron chi connectivity index (χ3n) is 4.27. The third-order valence-corrected chi connectivity index (χ3v) is 4.27. The van der Waals surface area contributed by atoms with Gasteiger partial charge in [0, 0.05) is 12.0 Å². The fourth-order valence-corrected chi connectivity index (χ4v) is 3.00. The Morgan fingerprint density at radius 3 is 2.44 bits per heavy atom. The van der Waals surface area contributed by atoms with Crippen LogP contribution in [0.15, 0.2) is 30.3 Å². The molecule has 16 heavy (non-hydrogen) atoms. The average molecular weight is 215 g/mol. The predicted octanol–water partition coefficient (Wildman–Crippen LogP) is 3.27. The number of piperidine rings is 1. The third kappa shape index (κ3) is 2.01. The first kappa shape index (κ1) is 10.3. The summed E-state index contributed by atoms with van der Waals surface area (Å²) in [5.41, 5.74) is 1.55. The van der Waals surface area contributed by atoms with E-state index in [1.807, 2.05) is 0 Å². The summed E-state index contributed by atoms with van der Waals surface area (Å²) in [5.74, 6) is 1.78. The second-order valence-electron chi connectivity index (χ2n) is 5.54. The molecule has 1 nitrogen and oxygen atoms in total. The highest BCUT2D eigenvalue weighted by atomic mass is 15.2. The van der Waals surface area contributed by atoms with Gasteiger partial charge in [-0.05, 0) is 43.8 Å². The van der Waals surface area contributed by atoms with Crippen LogP contribution in [0.2, 0.25) is 0 Å². The molecule has 0 aromatic heterocycles. The van der Waals surface area contributed by atoms with Gasteiger partial charge < -0.3 is 0 Å². The molecule has 2 unspecified atom stereocenters. The molecule has 2 atom stereocenters. The number of hydrogen-bond acceptors (Lipinski definition) is 1. The fraction of sp³-hybridized carbons (Fsp3) is 0.600. The summed E-state index contributed by atoms with van der Waals surface area (Å²) in [5, 5.41) is 0. The maximum atomic E-state index is 2.72. The van der Waals surface area contributed by atoms with Crippen molar-refractivity contribution < 1.29 is 0 Å². The molecule has 0 radical (unpaired) electrons. The summed E-state index contributed by atoms with van der Waals surface area (Å²) in [4.78, 5) is 2.72. The van der Waals surface area contributed by atoms with Gasteiger partial charge in [-0.25, -0.2) is 0 Å². The van der Waals surface area contributed by atoms with Gasteiger partial charge in [-0.2, -0.15) is 0 Å². The van der Waals surface area contributed by atoms with Gasteiger partial charge in [-0.3, -0.25) is 4.90 Å². The first-order valence-corrected chi connectivity index (χ1v) is 6.63. The summed E-state index contributed by atoms with van der Waals surface area (Å²) < 4.78 is 0. The Kier molecular flexibility index (Phi) is 2.72. The SMILES string of the molecule is CC1CCN(C2CC2c2ccccc2)CC1. The first-order chi connectivity index (χ1) is 7.84. The molecular weight excluding hydrogens is 194 g/mol. The maximum absolute atomic E-state index is 2.72. The van der Waals surface area contributed by atoms with E-state index in [2.05, 4.69) is 42.2 Å². The normalized spacial score (nSPS) is 31.6. The summed E-state index contributed by atoms with van der Waals surface area (Å²) in [6.07, 6.45) is 4.19. The molecule has 0 N–H and O–H groups in total. The van der Waals surface area contributed by atoms with Crippen molar-refractivity contribution in [3.63, 3.8) is 0 Å². The molecular formula is C15H21N. The van der Waals surface area contributed by atoms with Crippen LogP contribution in [0.25, 0.3) is 0 Å². The fourth-order valence-electron chi connectivity index (χ4n) is 3.00. The smallest absolute Gasteiger partial charge is 0.0171 e. The number of benzene rings is 1. The van der Waals surface area contributed by atoms with Crippen molar-refractivity contribution in [2.24, 2.45) is 5.92 Å². The van der Waals surface area contributed by atoms with Gasteiger partial charge in [-0.15, -0.1) is 0 Å². The van der Waals surface area contributed by atoms with Crippen molar-refractivity contribution in [1.29, 1.82) is 0 Å². The molecule has 0 bridgehead atoms. The first-order valence-electron chi connectivity index (χ1n) is 6.63. The highest BCUT2D eigenvalue weighted by Crippen LogP contribution is 2.45. The van der Waals surface area contributed by atoms with Crippen LogP contribution in [-0.2, 0) is 0 Å². The quantitative estimate of drug-likeness (QED) is 0.732. The Morgan fingerprint density at radius 2 is 1.75 bits per heavy atom. The number of likely N-dealkylation sites (tertiary alicyclic amines) is 1. The lowest BCUT2D eigenvalue weighted by Crippen LogP contribution is -2.35. The number of nitrogens with zero attached hydrogens (tertiary/aromatic N) is 1. The molecule has 1 saturated carbocycles. The second-order valence-corrected chi connectivity index (χ2v) is 5.54. The second kappa shape index (κ2) is 4.21. The largest absolute Gasteiger partial charge is 0.300 e. The summed E-state index contributed by atoms with van der Waals surface area (Å²) >= 11 is 0. The highest BCUT2D eigenvalue weighted by Gasteiger charge is 2.42. The van der Waals surface area contributed by atoms with E-state index in [9.17, 15) is 0 Å². The Bertz CT molecular complexity index is 338. The molecule has 1 heterocycles. The maximum Gasteiger partial charge on any atom is 0.0171 e. The number of rotatable bonds is 2. The van der Waals surface area contributed by atoms with Crippen molar-refractivity contribution in [2.45, 2.75) is 38.1 Å². The molecule has 1 aliphatic carbocycles. The van der Waals surface area contributed by atoms with E-state index < -0.39 is 0 Å². The van der Waals surface area contributed by atoms with Crippen molar-refractivity contribution in [3.8, 4) is 0 Å². The van der Waals surface area contributed by atoms with E-state index in [0.29, 0.717) is 0 Å². The monoisotopic (exact) mass is 215 g/mol. The molecule has 1 saturated heterocycles. The van der Waals surface area contributed by atoms with Crippen LogP contribution >= 0.6 is 0 Å². The Labute approximate surface area is 98.5 Å². The average Bonchev–Trinajstić information content (AvgIpc) is 3.11. The van der Waals surface area contributed by atoms with Crippen LogP contribution < -0.4 is 0 Å². The molecule has 3 rings (SSSR count). The highest BCUT2D eigenvalue weighted by molar-refractivity contribution is 5.27. The van der Waals surface area contributed by atoms with Crippen LogP contribution in [0.4, 0.5) is 0 Å². The summed E-state index contributed by atoms with van der Waals surface area (Å²) in [6, 6.07) is 11.9. The standard InChI is InChI=1S/C15H21N/c1-12-7-9-16(10-8-12)15-11-14(15)13-5-3-2-4-6-13/h2-6,12,14-15H,7-11H2,1H3. The zero-order chi connectivity index (χ0) is 11.0. The van der Waals surface area contributed by atoms with E-state index in [1.165, 1.54) is 32.4 Å². The zero-order valence-electron chi connectivity index (χ0n) is 10.1. The van der Waals surface area contributed by atoms with Crippen molar-refractivity contribution in [3.05, 3.63) is 35.9 Å². The van der Waals surface area contributed by atoms with E-state index in [4.69, 9.17) is 0 Å². The van der Waals surface area contributed by atoms with Gasteiger partial charge in [0.25, 0.3) is 0 Å². The van der Waals surface area contributed by atoms with Gasteiger partial charge in [0.15, 0.2) is 0 Å². The minimum atomic E-state index is 0.828. The molecule has 0 spiro atoms. The number of hydrogen-bond donors (Lipinski definition) is 0. The van der Waals surface area contributed by atoms with E-state index >= 15 is 0 Å². The molecule has 2 fully saturated rings. The summed E-state index contributed by atoms with van der Waals surface area (Å²) in [6.45, 7) is 5.04. The van der Waals surface area contributed by atoms with Gasteiger partial charge in [0.05, 0.1) is 0 Å². The van der Waals surface area contributed by atoms with Gasteiger partial charge in [0.2, 0.25) is 0 Å². The van der Waals surface area contributed by atoms with E-state index in [0.717, 1.165) is 17.9 Å². The molecule has 1 aromatic rings. The van der Waals surface area contributed by atoms with Gasteiger partial charge >= 0.3 is 0 Å². The molecule has 86 valence electrons. The molecule has 0 amide bonds. The van der Waals surface area contributed by atoms with Crippen LogP contribution in [-0.4, -0.2) is 24.0 Å². The molecule has 1 heteroatoms. The van der Waals surface area contributed by atoms with Crippen molar-refractivity contribution in [1.82, 2.24) is 4.90 Å². The van der Waals surface area contributed by atoms with Crippen LogP contribution in [0.5, 0.6) is 0 Å². The zero-order valence-corrected chi connectivity index (χ0v) is 10.1. The molecule has 1 aliphatic heterocycles. The van der Waals surface area contributed by atoms with E-state index in [1.54, 1.807) is 5.56 Å². The lowest BCUT2D eigenvalue weighted by Gasteiger charge is -2.30. The van der Waals surface area contributed by atoms with Gasteiger partial charge in [-0.1, -0.05) is 37.3 Å². The minimum absolute atomic E-state index is 0.828. The minimum Gasteiger partial charge on any atom is -0.300 e. The lowest BCUT2D eigenvalue weighted by atomic mass is 9.99. The van der Waals surface area contributed by atoms with Crippen LogP contribution in [0.1, 0.15) is 37.7 Å². The predicted molar refractivity (Wildman–Crippen MR) is 67.6 cm³/mol. The van der Waals surface area contributed by atoms with Crippen molar-refractivity contribution in [2.75, 3.05) is 13.1 Å². The van der Waals surface area contributed by atoms with Gasteiger partial charge in [0.1, 0.15) is 0 Å². The topological polar surface area (TPSA) is 3.24 Å². The summed E-state index contributed by atoms with van der Waals surface area (Å²) in [7, 11) is 0. The molecule has 2 aliphatic rings. The van der Waals surface area contributed by atoms with E-state index in [-0.39, 0.29) is 0 Å². The lowest BCUT2D eigenvalue weighted by molar-refractivity contribution is 0.181. The van der Waals surface area contributed by atoms with Crippen molar-refractivity contribution >= 4 is 0 Å². The Morgan fingerprint density at radius 1 is 1.06 bits per heavy atom. The Hall–Kier alpha value is -0.820. The van der Waals surface area contributed by atoms with Crippen LogP contribution in [0.3, 0.4) is 0 Å². The van der Waals surface area contributed by atoms with Crippen LogP contribution in [0, 0.1) is 5.92 Å². The Balaban J connectivity index is 1.60.